The van der Waals surface area contributed by atoms with E-state index in [0.717, 1.165) is 41.8 Å². The van der Waals surface area contributed by atoms with Gasteiger partial charge in [-0.1, -0.05) is 39.3 Å². The Morgan fingerprint density at radius 1 is 1.36 bits per heavy atom. The number of fused-ring (bicyclic) bond motifs is 1. The Balaban J connectivity index is 0.00000122. The fourth-order valence-corrected chi connectivity index (χ4v) is 3.36. The normalized spacial score (nSPS) is 16.6. The van der Waals surface area contributed by atoms with Crippen LogP contribution in [-0.2, 0) is 0 Å². The molecule has 1 amide bonds. The number of aliphatic imine (C=N–C) groups is 1. The molecule has 3 rings (SSSR count). The maximum Gasteiger partial charge on any atom is 0.253 e. The highest BCUT2D eigenvalue weighted by molar-refractivity contribution is 6.05. The van der Waals surface area contributed by atoms with E-state index in [1.165, 1.54) is 6.42 Å². The van der Waals surface area contributed by atoms with Gasteiger partial charge in [0.2, 0.25) is 0 Å². The number of amides is 1. The highest BCUT2D eigenvalue weighted by atomic mass is 16.3. The molecule has 1 saturated carbocycles. The molecule has 0 bridgehead atoms. The summed E-state index contributed by atoms with van der Waals surface area (Å²) >= 11 is 0. The molecule has 2 aliphatic rings. The summed E-state index contributed by atoms with van der Waals surface area (Å²) in [6.45, 7) is 13.3. The Kier molecular flexibility index (Phi) is 10.7. The fourth-order valence-electron chi connectivity index (χ4n) is 3.36. The average molecular weight is 459 g/mol. The summed E-state index contributed by atoms with van der Waals surface area (Å²) in [4.78, 5) is 17.1. The lowest BCUT2D eigenvalue weighted by molar-refractivity contribution is 0.0953. The molecule has 1 aliphatic carbocycles. The number of rotatable bonds is 9. The predicted molar refractivity (Wildman–Crippen MR) is 136 cm³/mol. The quantitative estimate of drug-likeness (QED) is 0.288. The van der Waals surface area contributed by atoms with Crippen molar-refractivity contribution in [3.8, 4) is 0 Å². The molecule has 8 heteroatoms. The largest absolute Gasteiger partial charge is 0.378 e. The third-order valence-corrected chi connectivity index (χ3v) is 5.40. The van der Waals surface area contributed by atoms with Gasteiger partial charge >= 0.3 is 0 Å². The summed E-state index contributed by atoms with van der Waals surface area (Å²) in [6, 6.07) is 0.449. The molecule has 1 atom stereocenters. The fraction of sp³-hybridized carbons (Fsp3) is 0.600. The van der Waals surface area contributed by atoms with E-state index < -0.39 is 6.23 Å². The lowest BCUT2D eigenvalue weighted by atomic mass is 10.1. The van der Waals surface area contributed by atoms with Crippen LogP contribution in [0.1, 0.15) is 88.3 Å². The van der Waals surface area contributed by atoms with E-state index in [2.05, 4.69) is 40.2 Å². The minimum absolute atomic E-state index is 0.0768. The van der Waals surface area contributed by atoms with Crippen molar-refractivity contribution >= 4 is 11.7 Å². The number of hydrogen-bond donors (Lipinski definition) is 5. The van der Waals surface area contributed by atoms with Gasteiger partial charge in [-0.15, -0.1) is 0 Å². The second kappa shape index (κ2) is 13.2. The van der Waals surface area contributed by atoms with E-state index in [-0.39, 0.29) is 5.91 Å². The molecular formula is C25H42N6O2. The number of nitrogens with zero attached hydrogens (tertiary/aromatic N) is 2. The Bertz CT molecular complexity index is 880. The standard InChI is InChI=1S/C22H34N6O2.C3H8/c1-5-11-23-22(30)17-12-28-20(15(17)4)21(24-13-25-28)27-18(14(3)6-2)9-10-19(29)26-16-7-8-16;1-3-2/h6,9,12,16,19,25-26,29H,5,7-8,10-11,13H2,1-4H3,(H,23,30)(H,24,27);3H2,1-2H3/b14-6-,18-9+;. The zero-order valence-corrected chi connectivity index (χ0v) is 21.1. The highest BCUT2D eigenvalue weighted by Crippen LogP contribution is 2.21. The topological polar surface area (TPSA) is 103 Å². The Morgan fingerprint density at radius 3 is 2.67 bits per heavy atom. The van der Waals surface area contributed by atoms with Gasteiger partial charge in [-0.3, -0.25) is 14.8 Å². The van der Waals surface area contributed by atoms with Crippen LogP contribution in [0.15, 0.2) is 34.6 Å². The maximum absolute atomic E-state index is 12.5. The third kappa shape index (κ3) is 7.75. The van der Waals surface area contributed by atoms with Gasteiger partial charge in [0.15, 0.2) is 5.84 Å². The Morgan fingerprint density at radius 2 is 2.06 bits per heavy atom. The van der Waals surface area contributed by atoms with Crippen LogP contribution in [0.5, 0.6) is 0 Å². The van der Waals surface area contributed by atoms with Gasteiger partial charge < -0.3 is 21.2 Å². The highest BCUT2D eigenvalue weighted by Gasteiger charge is 2.25. The Hall–Kier alpha value is -2.58. The minimum atomic E-state index is -0.562. The molecule has 1 unspecified atom stereocenters. The van der Waals surface area contributed by atoms with Crippen molar-refractivity contribution in [3.63, 3.8) is 0 Å². The van der Waals surface area contributed by atoms with Gasteiger partial charge in [0, 0.05) is 30.9 Å². The van der Waals surface area contributed by atoms with Crippen molar-refractivity contribution in [3.05, 3.63) is 46.4 Å². The molecule has 1 aromatic heterocycles. The average Bonchev–Trinajstić information content (AvgIpc) is 3.55. The van der Waals surface area contributed by atoms with Crippen LogP contribution >= 0.6 is 0 Å². The molecule has 0 spiro atoms. The van der Waals surface area contributed by atoms with Crippen LogP contribution in [0.4, 0.5) is 0 Å². The van der Waals surface area contributed by atoms with E-state index in [1.54, 1.807) is 0 Å². The van der Waals surface area contributed by atoms with Crippen LogP contribution in [0.2, 0.25) is 0 Å². The minimum Gasteiger partial charge on any atom is -0.378 e. The van der Waals surface area contributed by atoms with Crippen molar-refractivity contribution in [2.75, 3.05) is 18.6 Å². The SMILES string of the molecule is C/C=C(C)\C(=C/CC(O)NC1CC1)NC1=NCNn2cc(C(=O)NCCC)c(C)c21.CCC. The molecule has 1 fully saturated rings. The maximum atomic E-state index is 12.5. The number of carbonyl (C=O) groups excluding carboxylic acids is 1. The van der Waals surface area contributed by atoms with Crippen molar-refractivity contribution in [2.24, 2.45) is 4.99 Å². The first-order valence-corrected chi connectivity index (χ1v) is 12.2. The van der Waals surface area contributed by atoms with E-state index in [0.29, 0.717) is 37.1 Å². The number of hydrogen-bond acceptors (Lipinski definition) is 6. The van der Waals surface area contributed by atoms with Gasteiger partial charge in [0.25, 0.3) is 5.91 Å². The molecule has 184 valence electrons. The summed E-state index contributed by atoms with van der Waals surface area (Å²) in [5, 5.41) is 19.8. The van der Waals surface area contributed by atoms with Crippen molar-refractivity contribution in [2.45, 2.75) is 85.9 Å². The van der Waals surface area contributed by atoms with E-state index in [9.17, 15) is 9.90 Å². The smallest absolute Gasteiger partial charge is 0.253 e. The number of aliphatic hydroxyl groups excluding tert-OH is 1. The first kappa shape index (κ1) is 26.7. The summed E-state index contributed by atoms with van der Waals surface area (Å²) < 4.78 is 1.86. The molecular weight excluding hydrogens is 416 g/mol. The van der Waals surface area contributed by atoms with E-state index >= 15 is 0 Å². The van der Waals surface area contributed by atoms with Gasteiger partial charge in [-0.25, -0.2) is 4.99 Å². The monoisotopic (exact) mass is 458 g/mol. The number of nitrogens with one attached hydrogen (secondary N) is 4. The molecule has 2 heterocycles. The van der Waals surface area contributed by atoms with E-state index in [4.69, 9.17) is 0 Å². The number of aliphatic hydroxyl groups is 1. The van der Waals surface area contributed by atoms with Crippen LogP contribution < -0.4 is 21.4 Å². The summed E-state index contributed by atoms with van der Waals surface area (Å²) in [5.41, 5.74) is 7.50. The zero-order chi connectivity index (χ0) is 24.4. The van der Waals surface area contributed by atoms with Crippen molar-refractivity contribution < 1.29 is 9.90 Å². The second-order valence-corrected chi connectivity index (χ2v) is 8.58. The number of amidine groups is 1. The summed E-state index contributed by atoms with van der Waals surface area (Å²) in [7, 11) is 0. The van der Waals surface area contributed by atoms with Gasteiger partial charge in [-0.2, -0.15) is 0 Å². The van der Waals surface area contributed by atoms with E-state index in [1.807, 2.05) is 50.7 Å². The van der Waals surface area contributed by atoms with Crippen LogP contribution in [0, 0.1) is 6.92 Å². The van der Waals surface area contributed by atoms with Gasteiger partial charge in [0.1, 0.15) is 18.6 Å². The molecule has 0 aromatic carbocycles. The zero-order valence-electron chi connectivity index (χ0n) is 21.1. The first-order valence-electron chi connectivity index (χ1n) is 12.2. The lowest BCUT2D eigenvalue weighted by Crippen LogP contribution is -2.35. The third-order valence-electron chi connectivity index (χ3n) is 5.40. The van der Waals surface area contributed by atoms with Crippen molar-refractivity contribution in [1.82, 2.24) is 20.6 Å². The predicted octanol–water partition coefficient (Wildman–Crippen LogP) is 3.51. The molecule has 8 nitrogen and oxygen atoms in total. The molecule has 0 radical (unpaired) electrons. The lowest BCUT2D eigenvalue weighted by Gasteiger charge is -2.22. The number of aromatic nitrogens is 1. The molecule has 33 heavy (non-hydrogen) atoms. The van der Waals surface area contributed by atoms with Crippen LogP contribution in [0.3, 0.4) is 0 Å². The Labute approximate surface area is 198 Å². The van der Waals surface area contributed by atoms with Crippen molar-refractivity contribution in [1.29, 1.82) is 0 Å². The molecule has 1 aromatic rings. The molecule has 1 aliphatic heterocycles. The number of carbonyl (C=O) groups is 1. The van der Waals surface area contributed by atoms with Gasteiger partial charge in [-0.05, 0) is 51.2 Å². The number of allylic oxidation sites excluding steroid dienone is 2. The summed E-state index contributed by atoms with van der Waals surface area (Å²) in [5.74, 6) is 0.630. The molecule has 5 N–H and O–H groups in total. The summed E-state index contributed by atoms with van der Waals surface area (Å²) in [6.07, 6.45) is 10.2. The van der Waals surface area contributed by atoms with Crippen LogP contribution in [-0.4, -0.2) is 47.0 Å². The molecule has 0 saturated heterocycles. The second-order valence-electron chi connectivity index (χ2n) is 8.58. The van der Waals surface area contributed by atoms with Crippen LogP contribution in [0.25, 0.3) is 0 Å². The van der Waals surface area contributed by atoms with Gasteiger partial charge in [0.05, 0.1) is 5.56 Å². The first-order chi connectivity index (χ1) is 15.9.